The predicted molar refractivity (Wildman–Crippen MR) is 69.9 cm³/mol. The van der Waals surface area contributed by atoms with Crippen molar-refractivity contribution in [2.24, 2.45) is 5.73 Å². The van der Waals surface area contributed by atoms with E-state index in [9.17, 15) is 9.18 Å². The highest BCUT2D eigenvalue weighted by atomic mass is 35.5. The molecule has 3 nitrogen and oxygen atoms in total. The molecule has 0 fully saturated rings. The van der Waals surface area contributed by atoms with Crippen molar-refractivity contribution in [3.05, 3.63) is 29.6 Å². The highest BCUT2D eigenvalue weighted by Crippen LogP contribution is 2.16. The Hall–Kier alpha value is -1.13. The second-order valence-electron chi connectivity index (χ2n) is 4.02. The van der Waals surface area contributed by atoms with Crippen molar-refractivity contribution in [1.29, 1.82) is 0 Å². The molecule has 0 aromatic heterocycles. The van der Waals surface area contributed by atoms with Gasteiger partial charge in [-0.2, -0.15) is 0 Å². The molecular weight excluding hydrogens is 243 g/mol. The molecule has 0 saturated heterocycles. The van der Waals surface area contributed by atoms with E-state index in [-0.39, 0.29) is 30.2 Å². The molecule has 0 aliphatic carbocycles. The fourth-order valence-corrected chi connectivity index (χ4v) is 1.30. The maximum atomic E-state index is 12.9. The molecule has 1 aromatic carbocycles. The van der Waals surface area contributed by atoms with Crippen LogP contribution in [-0.4, -0.2) is 11.9 Å². The maximum absolute atomic E-state index is 12.9. The van der Waals surface area contributed by atoms with Gasteiger partial charge in [0.25, 0.3) is 0 Å². The third-order valence-electron chi connectivity index (χ3n) is 2.30. The minimum absolute atomic E-state index is 0. The van der Waals surface area contributed by atoms with Gasteiger partial charge in [-0.1, -0.05) is 6.07 Å². The van der Waals surface area contributed by atoms with Crippen molar-refractivity contribution in [1.82, 2.24) is 0 Å². The van der Waals surface area contributed by atoms with Gasteiger partial charge in [-0.3, -0.25) is 4.79 Å². The van der Waals surface area contributed by atoms with E-state index in [0.717, 1.165) is 5.56 Å². The number of aryl methyl sites for hydroxylation is 1. The van der Waals surface area contributed by atoms with E-state index < -0.39 is 0 Å². The zero-order chi connectivity index (χ0) is 12.1. The van der Waals surface area contributed by atoms with Crippen LogP contribution in [0.2, 0.25) is 0 Å². The Morgan fingerprint density at radius 3 is 2.76 bits per heavy atom. The van der Waals surface area contributed by atoms with Gasteiger partial charge in [0.1, 0.15) is 5.82 Å². The van der Waals surface area contributed by atoms with Crippen LogP contribution in [0, 0.1) is 12.7 Å². The molecule has 1 unspecified atom stereocenters. The van der Waals surface area contributed by atoms with Gasteiger partial charge in [-0.05, 0) is 38.0 Å². The number of halogens is 2. The largest absolute Gasteiger partial charge is 0.328 e. The molecule has 0 heterocycles. The lowest BCUT2D eigenvalue weighted by Crippen LogP contribution is -2.19. The Morgan fingerprint density at radius 2 is 2.18 bits per heavy atom. The summed E-state index contributed by atoms with van der Waals surface area (Å²) in [6, 6.07) is 4.32. The van der Waals surface area contributed by atoms with Crippen molar-refractivity contribution >= 4 is 24.0 Å². The first-order chi connectivity index (χ1) is 7.49. The Kier molecular flexibility index (Phi) is 6.76. The van der Waals surface area contributed by atoms with Crippen molar-refractivity contribution in [2.45, 2.75) is 32.7 Å². The van der Waals surface area contributed by atoms with Crippen LogP contribution in [0.1, 0.15) is 25.3 Å². The second kappa shape index (κ2) is 7.25. The number of hydrogen-bond donors (Lipinski definition) is 2. The molecule has 96 valence electrons. The summed E-state index contributed by atoms with van der Waals surface area (Å²) >= 11 is 0. The topological polar surface area (TPSA) is 55.1 Å². The van der Waals surface area contributed by atoms with E-state index in [0.29, 0.717) is 18.5 Å². The van der Waals surface area contributed by atoms with E-state index in [1.54, 1.807) is 6.07 Å². The number of benzene rings is 1. The van der Waals surface area contributed by atoms with Crippen LogP contribution >= 0.6 is 12.4 Å². The van der Waals surface area contributed by atoms with Gasteiger partial charge in [0.15, 0.2) is 0 Å². The van der Waals surface area contributed by atoms with Crippen LogP contribution in [0.4, 0.5) is 10.1 Å². The first-order valence-corrected chi connectivity index (χ1v) is 5.30. The average Bonchev–Trinajstić information content (AvgIpc) is 2.20. The number of hydrogen-bond acceptors (Lipinski definition) is 2. The first-order valence-electron chi connectivity index (χ1n) is 5.30. The Balaban J connectivity index is 0.00000256. The normalized spacial score (nSPS) is 11.5. The predicted octanol–water partition coefficient (Wildman–Crippen LogP) is 2.62. The van der Waals surface area contributed by atoms with E-state index >= 15 is 0 Å². The summed E-state index contributed by atoms with van der Waals surface area (Å²) in [7, 11) is 0. The smallest absolute Gasteiger partial charge is 0.224 e. The summed E-state index contributed by atoms with van der Waals surface area (Å²) in [5, 5.41) is 2.67. The van der Waals surface area contributed by atoms with Gasteiger partial charge in [-0.15, -0.1) is 12.4 Å². The summed E-state index contributed by atoms with van der Waals surface area (Å²) < 4.78 is 12.9. The Bertz CT molecular complexity index is 383. The quantitative estimate of drug-likeness (QED) is 0.874. The van der Waals surface area contributed by atoms with Crippen molar-refractivity contribution in [3.8, 4) is 0 Å². The highest BCUT2D eigenvalue weighted by Gasteiger charge is 2.06. The van der Waals surface area contributed by atoms with Gasteiger partial charge in [0, 0.05) is 18.2 Å². The molecule has 1 amide bonds. The third-order valence-corrected chi connectivity index (χ3v) is 2.30. The van der Waals surface area contributed by atoms with Gasteiger partial charge in [-0.25, -0.2) is 4.39 Å². The summed E-state index contributed by atoms with van der Waals surface area (Å²) in [6.07, 6.45) is 0.980. The zero-order valence-corrected chi connectivity index (χ0v) is 10.8. The Labute approximate surface area is 107 Å². The minimum atomic E-state index is -0.354. The summed E-state index contributed by atoms with van der Waals surface area (Å²) in [5.74, 6) is -0.487. The number of nitrogens with one attached hydrogen (secondary N) is 1. The van der Waals surface area contributed by atoms with Gasteiger partial charge >= 0.3 is 0 Å². The lowest BCUT2D eigenvalue weighted by atomic mass is 10.1. The van der Waals surface area contributed by atoms with Crippen molar-refractivity contribution in [3.63, 3.8) is 0 Å². The van der Waals surface area contributed by atoms with Crippen LogP contribution in [-0.2, 0) is 4.79 Å². The van der Waals surface area contributed by atoms with Gasteiger partial charge < -0.3 is 11.1 Å². The molecule has 0 saturated carbocycles. The molecule has 1 rings (SSSR count). The first kappa shape index (κ1) is 15.9. The van der Waals surface area contributed by atoms with E-state index in [2.05, 4.69) is 5.32 Å². The standard InChI is InChI=1S/C12H17FN2O.ClH/c1-8-3-5-10(13)7-11(8)15-12(16)6-4-9(2)14;/h3,5,7,9H,4,6,14H2,1-2H3,(H,15,16);1H. The van der Waals surface area contributed by atoms with Crippen LogP contribution in [0.15, 0.2) is 18.2 Å². The minimum Gasteiger partial charge on any atom is -0.328 e. The van der Waals surface area contributed by atoms with Crippen LogP contribution in [0.5, 0.6) is 0 Å². The lowest BCUT2D eigenvalue weighted by molar-refractivity contribution is -0.116. The van der Waals surface area contributed by atoms with Crippen LogP contribution in [0.25, 0.3) is 0 Å². The summed E-state index contributed by atoms with van der Waals surface area (Å²) in [6.45, 7) is 3.67. The molecule has 0 spiro atoms. The lowest BCUT2D eigenvalue weighted by Gasteiger charge is -2.09. The monoisotopic (exact) mass is 260 g/mol. The number of anilines is 1. The molecule has 5 heteroatoms. The number of amides is 1. The fraction of sp³-hybridized carbons (Fsp3) is 0.417. The number of rotatable bonds is 4. The van der Waals surface area contributed by atoms with Crippen molar-refractivity contribution in [2.75, 3.05) is 5.32 Å². The average molecular weight is 261 g/mol. The van der Waals surface area contributed by atoms with E-state index in [4.69, 9.17) is 5.73 Å². The summed E-state index contributed by atoms with van der Waals surface area (Å²) in [5.41, 5.74) is 6.91. The number of carbonyl (C=O) groups is 1. The molecule has 1 aromatic rings. The fourth-order valence-electron chi connectivity index (χ4n) is 1.30. The zero-order valence-electron chi connectivity index (χ0n) is 10.00. The van der Waals surface area contributed by atoms with Gasteiger partial charge in [0.2, 0.25) is 5.91 Å². The molecule has 1 atom stereocenters. The number of carbonyl (C=O) groups excluding carboxylic acids is 1. The summed E-state index contributed by atoms with van der Waals surface area (Å²) in [4.78, 5) is 11.5. The SMILES string of the molecule is Cc1ccc(F)cc1NC(=O)CCC(C)N.Cl. The second-order valence-corrected chi connectivity index (χ2v) is 4.02. The van der Waals surface area contributed by atoms with E-state index in [1.165, 1.54) is 12.1 Å². The number of nitrogens with two attached hydrogens (primary N) is 1. The highest BCUT2D eigenvalue weighted by molar-refractivity contribution is 5.91. The van der Waals surface area contributed by atoms with Crippen LogP contribution in [0.3, 0.4) is 0 Å². The maximum Gasteiger partial charge on any atom is 0.224 e. The van der Waals surface area contributed by atoms with Crippen LogP contribution < -0.4 is 11.1 Å². The molecule has 0 aliphatic heterocycles. The molecule has 0 radical (unpaired) electrons. The molecule has 17 heavy (non-hydrogen) atoms. The van der Waals surface area contributed by atoms with Crippen molar-refractivity contribution < 1.29 is 9.18 Å². The molecular formula is C12H18ClFN2O. The molecule has 0 aliphatic rings. The third kappa shape index (κ3) is 5.65. The molecule has 3 N–H and O–H groups in total. The van der Waals surface area contributed by atoms with Gasteiger partial charge in [0.05, 0.1) is 0 Å². The van der Waals surface area contributed by atoms with E-state index in [1.807, 2.05) is 13.8 Å². The Morgan fingerprint density at radius 1 is 1.53 bits per heavy atom. The molecule has 0 bridgehead atoms.